The minimum atomic E-state index is -0.246. The number of benzene rings is 1. The molecular weight excluding hydrogens is 266 g/mol. The normalized spacial score (nSPS) is 21.8. The Morgan fingerprint density at radius 2 is 1.86 bits per heavy atom. The number of esters is 1. The molecule has 0 saturated heterocycles. The second kappa shape index (κ2) is 8.03. The standard InChI is InChI=1S/C17H25NO3/c1-3-12-21-17(19)13-4-6-14(7-5-13)18-15-8-10-16(20-2)11-9-15/h4-7,15-16,18H,3,8-12H2,1-2H3. The minimum absolute atomic E-state index is 0.246. The van der Waals surface area contributed by atoms with Crippen LogP contribution in [-0.2, 0) is 9.47 Å². The van der Waals surface area contributed by atoms with Gasteiger partial charge < -0.3 is 14.8 Å². The lowest BCUT2D eigenvalue weighted by Crippen LogP contribution is -2.29. The number of carbonyl (C=O) groups is 1. The van der Waals surface area contributed by atoms with Crippen molar-refractivity contribution in [1.29, 1.82) is 0 Å². The molecule has 21 heavy (non-hydrogen) atoms. The molecule has 0 bridgehead atoms. The summed E-state index contributed by atoms with van der Waals surface area (Å²) in [7, 11) is 1.79. The number of nitrogens with one attached hydrogen (secondary N) is 1. The van der Waals surface area contributed by atoms with Gasteiger partial charge >= 0.3 is 5.97 Å². The van der Waals surface area contributed by atoms with Gasteiger partial charge in [-0.1, -0.05) is 6.92 Å². The smallest absolute Gasteiger partial charge is 0.338 e. The predicted molar refractivity (Wildman–Crippen MR) is 83.7 cm³/mol. The first kappa shape index (κ1) is 15.8. The molecule has 1 N–H and O–H groups in total. The Hall–Kier alpha value is -1.55. The zero-order valence-corrected chi connectivity index (χ0v) is 12.9. The van der Waals surface area contributed by atoms with Gasteiger partial charge in [0.1, 0.15) is 0 Å². The van der Waals surface area contributed by atoms with Gasteiger partial charge in [0.2, 0.25) is 0 Å². The highest BCUT2D eigenvalue weighted by molar-refractivity contribution is 5.89. The molecule has 0 aliphatic heterocycles. The van der Waals surface area contributed by atoms with E-state index in [1.165, 1.54) is 0 Å². The molecule has 1 saturated carbocycles. The molecule has 1 aliphatic carbocycles. The maximum absolute atomic E-state index is 11.7. The lowest BCUT2D eigenvalue weighted by molar-refractivity contribution is 0.0505. The third kappa shape index (κ3) is 4.74. The summed E-state index contributed by atoms with van der Waals surface area (Å²) < 4.78 is 10.5. The first-order valence-electron chi connectivity index (χ1n) is 7.79. The summed E-state index contributed by atoms with van der Waals surface area (Å²) in [4.78, 5) is 11.7. The Bertz CT molecular complexity index is 436. The molecule has 0 unspecified atom stereocenters. The fraction of sp³-hybridized carbons (Fsp3) is 0.588. The Morgan fingerprint density at radius 1 is 1.19 bits per heavy atom. The molecule has 1 fully saturated rings. The largest absolute Gasteiger partial charge is 0.462 e. The van der Waals surface area contributed by atoms with Gasteiger partial charge in [-0.25, -0.2) is 4.79 Å². The first-order valence-corrected chi connectivity index (χ1v) is 7.79. The summed E-state index contributed by atoms with van der Waals surface area (Å²) in [5, 5.41) is 3.53. The monoisotopic (exact) mass is 291 g/mol. The Balaban J connectivity index is 1.84. The number of hydrogen-bond donors (Lipinski definition) is 1. The number of ether oxygens (including phenoxy) is 2. The molecule has 4 nitrogen and oxygen atoms in total. The van der Waals surface area contributed by atoms with Gasteiger partial charge in [-0.15, -0.1) is 0 Å². The van der Waals surface area contributed by atoms with Crippen LogP contribution in [0.1, 0.15) is 49.4 Å². The summed E-state index contributed by atoms with van der Waals surface area (Å²) in [6.45, 7) is 2.46. The molecule has 1 aliphatic rings. The Kier molecular flexibility index (Phi) is 6.05. The third-order valence-electron chi connectivity index (χ3n) is 3.94. The summed E-state index contributed by atoms with van der Waals surface area (Å²) in [6, 6.07) is 8.03. The van der Waals surface area contributed by atoms with Crippen molar-refractivity contribution in [2.75, 3.05) is 19.0 Å². The highest BCUT2D eigenvalue weighted by Gasteiger charge is 2.20. The van der Waals surface area contributed by atoms with Crippen LogP contribution in [0.3, 0.4) is 0 Å². The Labute approximate surface area is 126 Å². The van der Waals surface area contributed by atoms with Crippen LogP contribution in [0.25, 0.3) is 0 Å². The van der Waals surface area contributed by atoms with Crippen molar-refractivity contribution < 1.29 is 14.3 Å². The highest BCUT2D eigenvalue weighted by atomic mass is 16.5. The van der Waals surface area contributed by atoms with Crippen molar-refractivity contribution in [2.24, 2.45) is 0 Å². The van der Waals surface area contributed by atoms with E-state index < -0.39 is 0 Å². The van der Waals surface area contributed by atoms with Crippen LogP contribution in [0, 0.1) is 0 Å². The summed E-state index contributed by atoms with van der Waals surface area (Å²) in [5.74, 6) is -0.246. The summed E-state index contributed by atoms with van der Waals surface area (Å²) in [6.07, 6.45) is 5.72. The molecule has 0 radical (unpaired) electrons. The van der Waals surface area contributed by atoms with Crippen LogP contribution >= 0.6 is 0 Å². The van der Waals surface area contributed by atoms with Crippen molar-refractivity contribution in [1.82, 2.24) is 0 Å². The first-order chi connectivity index (χ1) is 10.2. The fourth-order valence-electron chi connectivity index (χ4n) is 2.66. The van der Waals surface area contributed by atoms with Crippen molar-refractivity contribution in [3.05, 3.63) is 29.8 Å². The topological polar surface area (TPSA) is 47.6 Å². The zero-order valence-electron chi connectivity index (χ0n) is 12.9. The average Bonchev–Trinajstić information content (AvgIpc) is 2.54. The molecule has 0 heterocycles. The molecule has 1 aromatic rings. The third-order valence-corrected chi connectivity index (χ3v) is 3.94. The second-order valence-electron chi connectivity index (χ2n) is 5.57. The quantitative estimate of drug-likeness (QED) is 0.813. The number of carbonyl (C=O) groups excluding carboxylic acids is 1. The predicted octanol–water partition coefficient (Wildman–Crippen LogP) is 3.62. The average molecular weight is 291 g/mol. The van der Waals surface area contributed by atoms with E-state index in [0.717, 1.165) is 37.8 Å². The highest BCUT2D eigenvalue weighted by Crippen LogP contribution is 2.24. The van der Waals surface area contributed by atoms with Gasteiger partial charge in [0.15, 0.2) is 0 Å². The van der Waals surface area contributed by atoms with Crippen LogP contribution in [0.5, 0.6) is 0 Å². The lowest BCUT2D eigenvalue weighted by atomic mass is 9.93. The number of rotatable bonds is 6. The molecule has 4 heteroatoms. The van der Waals surface area contributed by atoms with Crippen molar-refractivity contribution in [3.63, 3.8) is 0 Å². The number of anilines is 1. The maximum atomic E-state index is 11.7. The van der Waals surface area contributed by atoms with Crippen molar-refractivity contribution in [2.45, 2.75) is 51.2 Å². The van der Waals surface area contributed by atoms with Crippen LogP contribution in [0.15, 0.2) is 24.3 Å². The van der Waals surface area contributed by atoms with E-state index in [4.69, 9.17) is 9.47 Å². The van der Waals surface area contributed by atoms with Gasteiger partial charge in [-0.3, -0.25) is 0 Å². The van der Waals surface area contributed by atoms with E-state index in [9.17, 15) is 4.79 Å². The second-order valence-corrected chi connectivity index (χ2v) is 5.57. The number of hydrogen-bond acceptors (Lipinski definition) is 4. The van der Waals surface area contributed by atoms with Gasteiger partial charge in [-0.2, -0.15) is 0 Å². The van der Waals surface area contributed by atoms with E-state index >= 15 is 0 Å². The Morgan fingerprint density at radius 3 is 2.43 bits per heavy atom. The van der Waals surface area contributed by atoms with Gasteiger partial charge in [0.25, 0.3) is 0 Å². The molecule has 2 rings (SSSR count). The van der Waals surface area contributed by atoms with Crippen LogP contribution in [0.2, 0.25) is 0 Å². The summed E-state index contributed by atoms with van der Waals surface area (Å²) in [5.41, 5.74) is 1.67. The summed E-state index contributed by atoms with van der Waals surface area (Å²) >= 11 is 0. The lowest BCUT2D eigenvalue weighted by Gasteiger charge is -2.28. The van der Waals surface area contributed by atoms with E-state index in [2.05, 4.69) is 5.32 Å². The zero-order chi connectivity index (χ0) is 15.1. The molecule has 0 aromatic heterocycles. The van der Waals surface area contributed by atoms with Crippen molar-refractivity contribution in [3.8, 4) is 0 Å². The minimum Gasteiger partial charge on any atom is -0.462 e. The van der Waals surface area contributed by atoms with E-state index in [-0.39, 0.29) is 5.97 Å². The molecule has 0 atom stereocenters. The van der Waals surface area contributed by atoms with E-state index in [0.29, 0.717) is 24.3 Å². The number of methoxy groups -OCH3 is 1. The molecule has 116 valence electrons. The van der Waals surface area contributed by atoms with Gasteiger partial charge in [-0.05, 0) is 56.4 Å². The van der Waals surface area contributed by atoms with Gasteiger partial charge in [0.05, 0.1) is 18.3 Å². The molecule has 1 aromatic carbocycles. The molecule has 0 amide bonds. The maximum Gasteiger partial charge on any atom is 0.338 e. The van der Waals surface area contributed by atoms with Crippen molar-refractivity contribution >= 4 is 11.7 Å². The molecule has 0 spiro atoms. The molecular formula is C17H25NO3. The van der Waals surface area contributed by atoms with Crippen LogP contribution in [0.4, 0.5) is 5.69 Å². The fourth-order valence-corrected chi connectivity index (χ4v) is 2.66. The SMILES string of the molecule is CCCOC(=O)c1ccc(NC2CCC(OC)CC2)cc1. The van der Waals surface area contributed by atoms with Crippen LogP contribution in [-0.4, -0.2) is 31.8 Å². The van der Waals surface area contributed by atoms with E-state index in [1.807, 2.05) is 31.2 Å². The van der Waals surface area contributed by atoms with Crippen LogP contribution < -0.4 is 5.32 Å². The van der Waals surface area contributed by atoms with E-state index in [1.54, 1.807) is 7.11 Å². The van der Waals surface area contributed by atoms with Gasteiger partial charge in [0, 0.05) is 18.8 Å².